The quantitative estimate of drug-likeness (QED) is 0.405. The van der Waals surface area contributed by atoms with Gasteiger partial charge in [-0.1, -0.05) is 63.9 Å². The van der Waals surface area contributed by atoms with Crippen molar-refractivity contribution in [2.45, 2.75) is 65.2 Å². The number of hydrogen-bond acceptors (Lipinski definition) is 0. The van der Waals surface area contributed by atoms with Gasteiger partial charge >= 0.3 is 0 Å². The molecule has 0 fully saturated rings. The summed E-state index contributed by atoms with van der Waals surface area (Å²) in [6.45, 7) is 4.39. The Labute approximate surface area is 89.8 Å². The van der Waals surface area contributed by atoms with E-state index in [1.54, 1.807) is 0 Å². The summed E-state index contributed by atoms with van der Waals surface area (Å²) in [4.78, 5) is 0. The van der Waals surface area contributed by atoms with E-state index < -0.39 is 0 Å². The van der Waals surface area contributed by atoms with Gasteiger partial charge in [-0.15, -0.1) is 0 Å². The zero-order chi connectivity index (χ0) is 10.5. The van der Waals surface area contributed by atoms with Crippen LogP contribution in [-0.2, 0) is 0 Å². The molecular weight excluding hydrogens is 168 g/mol. The second-order valence-electron chi connectivity index (χ2n) is 3.65. The first-order valence-electron chi connectivity index (χ1n) is 6.05. The number of hydrogen-bond donors (Lipinski definition) is 0. The summed E-state index contributed by atoms with van der Waals surface area (Å²) in [5, 5.41) is 0. The third-order valence-electron chi connectivity index (χ3n) is 2.19. The predicted octanol–water partition coefficient (Wildman–Crippen LogP) is 4.71. The first-order chi connectivity index (χ1) is 6.91. The molecule has 0 saturated heterocycles. The molecule has 0 aliphatic heterocycles. The maximum Gasteiger partial charge on any atom is 0.00922 e. The molecule has 0 unspecified atom stereocenters. The smallest absolute Gasteiger partial charge is 0.00922 e. The van der Waals surface area contributed by atoms with Gasteiger partial charge < -0.3 is 0 Å². The van der Waals surface area contributed by atoms with E-state index in [4.69, 9.17) is 0 Å². The molecular formula is C14H24. The molecule has 0 saturated carbocycles. The van der Waals surface area contributed by atoms with Gasteiger partial charge in [0.2, 0.25) is 0 Å². The van der Waals surface area contributed by atoms with Crippen LogP contribution in [0.1, 0.15) is 65.2 Å². The van der Waals surface area contributed by atoms with Gasteiger partial charge in [-0.3, -0.25) is 0 Å². The molecule has 0 rings (SSSR count). The fourth-order valence-electron chi connectivity index (χ4n) is 1.30. The molecule has 0 spiro atoms. The monoisotopic (exact) mass is 192 g/mol. The van der Waals surface area contributed by atoms with Gasteiger partial charge in [-0.25, -0.2) is 0 Å². The lowest BCUT2D eigenvalue weighted by atomic mass is 10.1. The van der Waals surface area contributed by atoms with E-state index >= 15 is 0 Å². The van der Waals surface area contributed by atoms with Crippen LogP contribution in [0.2, 0.25) is 0 Å². The molecule has 0 aliphatic carbocycles. The zero-order valence-corrected chi connectivity index (χ0v) is 9.81. The van der Waals surface area contributed by atoms with Crippen molar-refractivity contribution in [3.8, 4) is 11.8 Å². The summed E-state index contributed by atoms with van der Waals surface area (Å²) in [5.41, 5.74) is 0. The highest BCUT2D eigenvalue weighted by Crippen LogP contribution is 2.05. The maximum absolute atomic E-state index is 3.17. The normalized spacial score (nSPS) is 10.1. The Kier molecular flexibility index (Phi) is 11.7. The van der Waals surface area contributed by atoms with Crippen molar-refractivity contribution >= 4 is 0 Å². The van der Waals surface area contributed by atoms with Gasteiger partial charge in [-0.05, 0) is 18.9 Å². The molecule has 0 aromatic heterocycles. The highest BCUT2D eigenvalue weighted by Gasteiger charge is 1.87. The molecule has 0 aromatic rings. The fourth-order valence-corrected chi connectivity index (χ4v) is 1.30. The van der Waals surface area contributed by atoms with Crippen molar-refractivity contribution in [2.24, 2.45) is 0 Å². The van der Waals surface area contributed by atoms with Gasteiger partial charge in [-0.2, -0.15) is 0 Å². The Morgan fingerprint density at radius 1 is 0.929 bits per heavy atom. The Morgan fingerprint density at radius 2 is 1.64 bits per heavy atom. The largest absolute Gasteiger partial charge is 0.0985 e. The molecule has 0 bridgehead atoms. The molecule has 80 valence electrons. The van der Waals surface area contributed by atoms with E-state index in [0.29, 0.717) is 0 Å². The van der Waals surface area contributed by atoms with Crippen molar-refractivity contribution < 1.29 is 0 Å². The van der Waals surface area contributed by atoms with Crippen LogP contribution in [0.3, 0.4) is 0 Å². The summed E-state index contributed by atoms with van der Waals surface area (Å²) in [7, 11) is 0. The van der Waals surface area contributed by atoms with Crippen LogP contribution in [0, 0.1) is 11.8 Å². The van der Waals surface area contributed by atoms with Crippen LogP contribution in [-0.4, -0.2) is 0 Å². The maximum atomic E-state index is 3.17. The predicted molar refractivity (Wildman–Crippen MR) is 65.2 cm³/mol. The van der Waals surface area contributed by atoms with E-state index in [0.717, 1.165) is 12.8 Å². The fraction of sp³-hybridized carbons (Fsp3) is 0.714. The number of unbranched alkanes of at least 4 members (excludes halogenated alkanes) is 6. The summed E-state index contributed by atoms with van der Waals surface area (Å²) >= 11 is 0. The van der Waals surface area contributed by atoms with Crippen molar-refractivity contribution in [3.05, 3.63) is 12.2 Å². The van der Waals surface area contributed by atoms with Gasteiger partial charge in [0.1, 0.15) is 0 Å². The molecule has 0 atom stereocenters. The third-order valence-corrected chi connectivity index (χ3v) is 2.19. The highest BCUT2D eigenvalue weighted by atomic mass is 13.9. The minimum Gasteiger partial charge on any atom is -0.0985 e. The lowest BCUT2D eigenvalue weighted by Crippen LogP contribution is -1.77. The summed E-state index contributed by atoms with van der Waals surface area (Å²) in [6.07, 6.45) is 14.4. The van der Waals surface area contributed by atoms with E-state index in [-0.39, 0.29) is 0 Å². The van der Waals surface area contributed by atoms with E-state index in [2.05, 4.69) is 31.8 Å². The average molecular weight is 192 g/mol. The molecule has 0 aliphatic rings. The molecule has 0 heteroatoms. The Balaban J connectivity index is 3.11. The van der Waals surface area contributed by atoms with Crippen LogP contribution in [0.5, 0.6) is 0 Å². The third kappa shape index (κ3) is 11.3. The van der Waals surface area contributed by atoms with Crippen molar-refractivity contribution in [1.29, 1.82) is 0 Å². The van der Waals surface area contributed by atoms with Gasteiger partial charge in [0.05, 0.1) is 0 Å². The van der Waals surface area contributed by atoms with Gasteiger partial charge in [0, 0.05) is 6.42 Å². The molecule has 14 heavy (non-hydrogen) atoms. The van der Waals surface area contributed by atoms with Crippen LogP contribution >= 0.6 is 0 Å². The summed E-state index contributed by atoms with van der Waals surface area (Å²) < 4.78 is 0. The minimum absolute atomic E-state index is 1.07. The molecule has 0 radical (unpaired) electrons. The zero-order valence-electron chi connectivity index (χ0n) is 9.81. The first kappa shape index (κ1) is 13.3. The van der Waals surface area contributed by atoms with Crippen molar-refractivity contribution in [3.63, 3.8) is 0 Å². The van der Waals surface area contributed by atoms with Crippen LogP contribution in [0.4, 0.5) is 0 Å². The van der Waals surface area contributed by atoms with E-state index in [1.807, 2.05) is 6.08 Å². The van der Waals surface area contributed by atoms with Gasteiger partial charge in [0.25, 0.3) is 0 Å². The van der Waals surface area contributed by atoms with E-state index in [1.165, 1.54) is 38.5 Å². The molecule has 0 amide bonds. The molecule has 0 nitrogen and oxygen atoms in total. The number of allylic oxidation sites excluding steroid dienone is 2. The lowest BCUT2D eigenvalue weighted by Gasteiger charge is -1.96. The Bertz CT molecular complexity index is 178. The number of rotatable bonds is 7. The van der Waals surface area contributed by atoms with Crippen LogP contribution in [0.25, 0.3) is 0 Å². The first-order valence-corrected chi connectivity index (χ1v) is 6.05. The van der Waals surface area contributed by atoms with Crippen molar-refractivity contribution in [1.82, 2.24) is 0 Å². The minimum atomic E-state index is 1.07. The van der Waals surface area contributed by atoms with Crippen LogP contribution < -0.4 is 0 Å². The average Bonchev–Trinajstić information content (AvgIpc) is 2.21. The molecule has 0 heterocycles. The van der Waals surface area contributed by atoms with Gasteiger partial charge in [0.15, 0.2) is 0 Å². The highest BCUT2D eigenvalue weighted by molar-refractivity contribution is 5.14. The Morgan fingerprint density at radius 3 is 2.36 bits per heavy atom. The van der Waals surface area contributed by atoms with E-state index in [9.17, 15) is 0 Å². The molecule has 0 aromatic carbocycles. The SMILES string of the molecule is CC/C=C/C#CCCCCCCCC. The van der Waals surface area contributed by atoms with Crippen LogP contribution in [0.15, 0.2) is 12.2 Å². The Hall–Kier alpha value is -0.700. The second kappa shape index (κ2) is 12.3. The summed E-state index contributed by atoms with van der Waals surface area (Å²) in [6, 6.07) is 0. The topological polar surface area (TPSA) is 0 Å². The lowest BCUT2D eigenvalue weighted by molar-refractivity contribution is 0.614. The molecule has 0 N–H and O–H groups in total. The second-order valence-corrected chi connectivity index (χ2v) is 3.65. The standard InChI is InChI=1S/C14H24/c1-3-5-7-9-11-13-14-12-10-8-6-4-2/h5,7H,3-4,6,8,10,12-14H2,1-2H3/b7-5+. The summed E-state index contributed by atoms with van der Waals surface area (Å²) in [5.74, 6) is 6.23. The van der Waals surface area contributed by atoms with Crippen molar-refractivity contribution in [2.75, 3.05) is 0 Å².